The normalized spacial score (nSPS) is 20.4. The first-order valence-corrected chi connectivity index (χ1v) is 13.3. The summed E-state index contributed by atoms with van der Waals surface area (Å²) in [6.45, 7) is 17.9. The molecule has 11 heteroatoms. The van der Waals surface area contributed by atoms with E-state index in [1.165, 1.54) is 0 Å². The van der Waals surface area contributed by atoms with Crippen LogP contribution in [0, 0.1) is 10.8 Å². The summed E-state index contributed by atoms with van der Waals surface area (Å²) in [5.41, 5.74) is -0.152. The first-order chi connectivity index (χ1) is 17.1. The molecule has 1 rings (SSSR count). The highest BCUT2D eigenvalue weighted by molar-refractivity contribution is 5.78. The first-order valence-electron chi connectivity index (χ1n) is 13.3. The summed E-state index contributed by atoms with van der Waals surface area (Å²) < 4.78 is 16.9. The maximum absolute atomic E-state index is 12.7. The van der Waals surface area contributed by atoms with E-state index in [0.29, 0.717) is 45.9 Å². The first kappa shape index (κ1) is 33.2. The molecule has 0 aromatic carbocycles. The molecule has 0 aliphatic carbocycles. The molecule has 1 fully saturated rings. The van der Waals surface area contributed by atoms with Crippen molar-refractivity contribution in [1.29, 1.82) is 0 Å². The van der Waals surface area contributed by atoms with Crippen LogP contribution in [0.25, 0.3) is 0 Å². The zero-order valence-electron chi connectivity index (χ0n) is 24.6. The molecule has 1 saturated heterocycles. The lowest BCUT2D eigenvalue weighted by Crippen LogP contribution is -2.55. The second kappa shape index (κ2) is 15.0. The summed E-state index contributed by atoms with van der Waals surface area (Å²) >= 11 is 0. The average Bonchev–Trinajstić information content (AvgIpc) is 3.07. The lowest BCUT2D eigenvalue weighted by atomic mass is 9.93. The van der Waals surface area contributed by atoms with Gasteiger partial charge in [-0.1, -0.05) is 41.5 Å². The number of rotatable bonds is 18. The fraction of sp³-hybridized carbons (Fsp3) is 0.885. The Kier molecular flexibility index (Phi) is 13.4. The largest absolute Gasteiger partial charge is 0.399 e. The van der Waals surface area contributed by atoms with Gasteiger partial charge in [0.15, 0.2) is 6.54 Å². The SMILES string of the molecule is CCN(C)CC(=O)O[C@H]1OC(=O)C[N+]1(C)CCN(CC)CC(=O)NCC(C)(C)COCC(C)(C)CNC. The molecule has 0 spiro atoms. The predicted molar refractivity (Wildman–Crippen MR) is 142 cm³/mol. The molecule has 2 N–H and O–H groups in total. The maximum Gasteiger partial charge on any atom is 0.399 e. The van der Waals surface area contributed by atoms with Gasteiger partial charge in [-0.05, 0) is 27.2 Å². The third-order valence-electron chi connectivity index (χ3n) is 6.55. The Morgan fingerprint density at radius 1 is 1.08 bits per heavy atom. The van der Waals surface area contributed by atoms with Crippen LogP contribution in [0.4, 0.5) is 0 Å². The molecule has 1 aliphatic rings. The number of carbonyl (C=O) groups is 3. The van der Waals surface area contributed by atoms with Crippen LogP contribution in [-0.2, 0) is 28.6 Å². The molecule has 216 valence electrons. The summed E-state index contributed by atoms with van der Waals surface area (Å²) in [5.74, 6) is -0.895. The van der Waals surface area contributed by atoms with Crippen molar-refractivity contribution in [1.82, 2.24) is 20.4 Å². The van der Waals surface area contributed by atoms with Crippen LogP contribution in [-0.4, -0.2) is 132 Å². The summed E-state index contributed by atoms with van der Waals surface area (Å²) in [4.78, 5) is 40.8. The topological polar surface area (TPSA) is 109 Å². The Morgan fingerprint density at radius 3 is 2.27 bits per heavy atom. The van der Waals surface area contributed by atoms with Gasteiger partial charge < -0.3 is 24.8 Å². The van der Waals surface area contributed by atoms with E-state index in [2.05, 4.69) is 38.3 Å². The van der Waals surface area contributed by atoms with Gasteiger partial charge in [-0.15, -0.1) is 0 Å². The number of amides is 1. The van der Waals surface area contributed by atoms with Gasteiger partial charge in [0.05, 0.1) is 39.9 Å². The Bertz CT molecular complexity index is 747. The van der Waals surface area contributed by atoms with E-state index in [1.807, 2.05) is 44.8 Å². The molecule has 1 unspecified atom stereocenters. The maximum atomic E-state index is 12.7. The molecule has 2 atom stereocenters. The van der Waals surface area contributed by atoms with E-state index in [9.17, 15) is 14.4 Å². The standard InChI is InChI=1S/C26H51N5O6/c1-10-29(8)15-22(33)36-24-31(9,16-23(34)37-24)13-12-30(11-2)14-21(32)28-18-26(5,6)20-35-19-25(3,4)17-27-7/h24,27H,10-20H2,1-9H3/p+1/t24-,31?/m0/s1. The molecule has 1 aliphatic heterocycles. The van der Waals surface area contributed by atoms with Crippen molar-refractivity contribution < 1.29 is 33.1 Å². The molecule has 37 heavy (non-hydrogen) atoms. The number of hydrogen-bond donors (Lipinski definition) is 2. The Balaban J connectivity index is 2.53. The highest BCUT2D eigenvalue weighted by Crippen LogP contribution is 2.22. The highest BCUT2D eigenvalue weighted by atomic mass is 16.7. The highest BCUT2D eigenvalue weighted by Gasteiger charge is 2.48. The van der Waals surface area contributed by atoms with E-state index in [-0.39, 0.29) is 40.9 Å². The Labute approximate surface area is 223 Å². The molecule has 0 aromatic heterocycles. The van der Waals surface area contributed by atoms with Crippen molar-refractivity contribution in [3.05, 3.63) is 0 Å². The lowest BCUT2D eigenvalue weighted by Gasteiger charge is -2.33. The quantitative estimate of drug-likeness (QED) is 0.193. The van der Waals surface area contributed by atoms with Crippen LogP contribution < -0.4 is 10.6 Å². The number of carbonyl (C=O) groups excluding carboxylic acids is 3. The van der Waals surface area contributed by atoms with Crippen molar-refractivity contribution in [3.8, 4) is 0 Å². The number of nitrogens with zero attached hydrogens (tertiary/aromatic N) is 3. The van der Waals surface area contributed by atoms with Crippen LogP contribution in [0.1, 0.15) is 41.5 Å². The third-order valence-corrected chi connectivity index (χ3v) is 6.55. The Hall–Kier alpha value is -1.79. The van der Waals surface area contributed by atoms with E-state index < -0.39 is 18.4 Å². The van der Waals surface area contributed by atoms with Crippen molar-refractivity contribution in [2.24, 2.45) is 10.8 Å². The molecular formula is C26H52N5O6+. The van der Waals surface area contributed by atoms with Crippen LogP contribution >= 0.6 is 0 Å². The zero-order valence-corrected chi connectivity index (χ0v) is 24.6. The third kappa shape index (κ3) is 12.5. The number of quaternary nitrogens is 1. The molecule has 0 bridgehead atoms. The van der Waals surface area contributed by atoms with E-state index >= 15 is 0 Å². The van der Waals surface area contributed by atoms with E-state index in [4.69, 9.17) is 14.2 Å². The van der Waals surface area contributed by atoms with Gasteiger partial charge in [0.2, 0.25) is 5.91 Å². The number of ether oxygens (including phenoxy) is 3. The zero-order chi connectivity index (χ0) is 28.3. The number of esters is 2. The minimum absolute atomic E-state index is 0.0447. The fourth-order valence-electron chi connectivity index (χ4n) is 3.96. The van der Waals surface area contributed by atoms with E-state index in [1.54, 1.807) is 0 Å². The van der Waals surface area contributed by atoms with Crippen molar-refractivity contribution in [2.45, 2.75) is 48.0 Å². The second-order valence-corrected chi connectivity index (χ2v) is 12.0. The molecule has 11 nitrogen and oxygen atoms in total. The predicted octanol–water partition coefficient (Wildman–Crippen LogP) is 0.495. The van der Waals surface area contributed by atoms with Gasteiger partial charge in [0.1, 0.15) is 0 Å². The van der Waals surface area contributed by atoms with Gasteiger partial charge in [-0.3, -0.25) is 19.4 Å². The van der Waals surface area contributed by atoms with Gasteiger partial charge in [0, 0.05) is 30.5 Å². The number of likely N-dealkylation sites (N-methyl/N-ethyl adjacent to an activating group) is 3. The smallest absolute Gasteiger partial charge is 0.380 e. The summed E-state index contributed by atoms with van der Waals surface area (Å²) in [5, 5.41) is 6.21. The molecular weight excluding hydrogens is 478 g/mol. The number of hydrogen-bond acceptors (Lipinski definition) is 9. The molecule has 0 saturated carbocycles. The minimum Gasteiger partial charge on any atom is -0.380 e. The van der Waals surface area contributed by atoms with Gasteiger partial charge in [-0.2, -0.15) is 0 Å². The van der Waals surface area contributed by atoms with Crippen LogP contribution in [0.5, 0.6) is 0 Å². The molecule has 0 aromatic rings. The van der Waals surface area contributed by atoms with Crippen molar-refractivity contribution >= 4 is 17.8 Å². The number of cyclic esters (lactones) is 1. The summed E-state index contributed by atoms with van der Waals surface area (Å²) in [6.07, 6.45) is -0.975. The Morgan fingerprint density at radius 2 is 1.70 bits per heavy atom. The number of nitrogens with one attached hydrogen (secondary N) is 2. The summed E-state index contributed by atoms with van der Waals surface area (Å²) in [7, 11) is 5.59. The minimum atomic E-state index is -0.975. The van der Waals surface area contributed by atoms with E-state index in [0.717, 1.165) is 6.54 Å². The summed E-state index contributed by atoms with van der Waals surface area (Å²) in [6, 6.07) is 0. The van der Waals surface area contributed by atoms with Crippen LogP contribution in [0.2, 0.25) is 0 Å². The van der Waals surface area contributed by atoms with Crippen LogP contribution in [0.3, 0.4) is 0 Å². The van der Waals surface area contributed by atoms with Gasteiger partial charge >= 0.3 is 18.4 Å². The van der Waals surface area contributed by atoms with Crippen molar-refractivity contribution in [2.75, 3.05) is 93.3 Å². The van der Waals surface area contributed by atoms with Crippen molar-refractivity contribution in [3.63, 3.8) is 0 Å². The monoisotopic (exact) mass is 530 g/mol. The van der Waals surface area contributed by atoms with Crippen LogP contribution in [0.15, 0.2) is 0 Å². The molecule has 1 heterocycles. The van der Waals surface area contributed by atoms with Gasteiger partial charge in [0.25, 0.3) is 0 Å². The second-order valence-electron chi connectivity index (χ2n) is 12.0. The fourth-order valence-corrected chi connectivity index (χ4v) is 3.96. The van der Waals surface area contributed by atoms with Gasteiger partial charge in [-0.25, -0.2) is 9.28 Å². The molecule has 1 amide bonds. The lowest BCUT2D eigenvalue weighted by molar-refractivity contribution is -0.952. The average molecular weight is 531 g/mol. The molecule has 0 radical (unpaired) electrons.